The zero-order valence-corrected chi connectivity index (χ0v) is 11.1. The van der Waals surface area contributed by atoms with Gasteiger partial charge >= 0.3 is 5.97 Å². The number of aromatic carboxylic acids is 1. The Morgan fingerprint density at radius 2 is 2.17 bits per heavy atom. The van der Waals surface area contributed by atoms with Gasteiger partial charge in [-0.05, 0) is 12.3 Å². The third-order valence-corrected chi connectivity index (χ3v) is 3.22. The van der Waals surface area contributed by atoms with E-state index >= 15 is 0 Å². The lowest BCUT2D eigenvalue weighted by molar-refractivity contribution is 0.0694. The number of pyridine rings is 1. The number of hydrogen-bond donors (Lipinski definition) is 1. The molecule has 0 fully saturated rings. The Kier molecular flexibility index (Phi) is 5.62. The van der Waals surface area contributed by atoms with Crippen molar-refractivity contribution in [3.05, 3.63) is 34.2 Å². The van der Waals surface area contributed by atoms with E-state index in [0.717, 1.165) is 19.4 Å². The van der Waals surface area contributed by atoms with E-state index in [4.69, 9.17) is 5.11 Å². The third kappa shape index (κ3) is 4.02. The fraction of sp³-hybridized carbons (Fsp3) is 0.571. The van der Waals surface area contributed by atoms with Crippen molar-refractivity contribution < 1.29 is 9.90 Å². The van der Waals surface area contributed by atoms with Crippen LogP contribution in [0, 0.1) is 5.92 Å². The van der Waals surface area contributed by atoms with Crippen molar-refractivity contribution in [2.45, 2.75) is 46.1 Å². The van der Waals surface area contributed by atoms with Gasteiger partial charge in [-0.3, -0.25) is 4.79 Å². The molecule has 100 valence electrons. The zero-order chi connectivity index (χ0) is 13.5. The number of carbonyl (C=O) groups is 1. The molecule has 0 aliphatic heterocycles. The Bertz CT molecular complexity index is 451. The SMILES string of the molecule is CCCCC(CC)Cn1ccc(=O)c(C(=O)O)c1. The van der Waals surface area contributed by atoms with Crippen LogP contribution in [0.4, 0.5) is 0 Å². The highest BCUT2D eigenvalue weighted by Crippen LogP contribution is 2.14. The molecule has 4 nitrogen and oxygen atoms in total. The molecule has 0 saturated heterocycles. The van der Waals surface area contributed by atoms with E-state index in [0.29, 0.717) is 5.92 Å². The summed E-state index contributed by atoms with van der Waals surface area (Å²) in [6, 6.07) is 1.33. The Morgan fingerprint density at radius 1 is 1.44 bits per heavy atom. The minimum atomic E-state index is -1.16. The zero-order valence-electron chi connectivity index (χ0n) is 11.1. The van der Waals surface area contributed by atoms with Gasteiger partial charge in [0, 0.05) is 25.0 Å². The summed E-state index contributed by atoms with van der Waals surface area (Å²) in [7, 11) is 0. The van der Waals surface area contributed by atoms with Gasteiger partial charge in [0.05, 0.1) is 0 Å². The van der Waals surface area contributed by atoms with E-state index in [1.165, 1.54) is 25.1 Å². The maximum absolute atomic E-state index is 11.3. The van der Waals surface area contributed by atoms with Gasteiger partial charge in [-0.2, -0.15) is 0 Å². The first-order valence-corrected chi connectivity index (χ1v) is 6.51. The van der Waals surface area contributed by atoms with E-state index < -0.39 is 11.4 Å². The van der Waals surface area contributed by atoms with Crippen LogP contribution in [0.3, 0.4) is 0 Å². The number of aromatic nitrogens is 1. The molecular formula is C14H21NO3. The molecule has 0 aliphatic rings. The second kappa shape index (κ2) is 6.99. The fourth-order valence-electron chi connectivity index (χ4n) is 2.02. The van der Waals surface area contributed by atoms with Crippen molar-refractivity contribution in [2.75, 3.05) is 0 Å². The smallest absolute Gasteiger partial charge is 0.341 e. The van der Waals surface area contributed by atoms with Crippen LogP contribution in [0.5, 0.6) is 0 Å². The maximum atomic E-state index is 11.3. The molecule has 1 N–H and O–H groups in total. The Hall–Kier alpha value is -1.58. The first-order valence-electron chi connectivity index (χ1n) is 6.51. The van der Waals surface area contributed by atoms with Crippen molar-refractivity contribution in [1.82, 2.24) is 4.57 Å². The molecule has 1 heterocycles. The van der Waals surface area contributed by atoms with Crippen LogP contribution < -0.4 is 5.43 Å². The molecule has 4 heteroatoms. The third-order valence-electron chi connectivity index (χ3n) is 3.22. The monoisotopic (exact) mass is 251 g/mol. The molecule has 1 atom stereocenters. The average Bonchev–Trinajstić information content (AvgIpc) is 2.36. The lowest BCUT2D eigenvalue weighted by atomic mass is 9.99. The van der Waals surface area contributed by atoms with Gasteiger partial charge in [-0.25, -0.2) is 4.79 Å². The maximum Gasteiger partial charge on any atom is 0.341 e. The number of hydrogen-bond acceptors (Lipinski definition) is 2. The Labute approximate surface area is 107 Å². The van der Waals surface area contributed by atoms with Gasteiger partial charge in [-0.1, -0.05) is 33.1 Å². The van der Waals surface area contributed by atoms with Crippen LogP contribution in [-0.2, 0) is 6.54 Å². The predicted molar refractivity (Wildman–Crippen MR) is 71.0 cm³/mol. The number of rotatable bonds is 7. The number of carboxylic acid groups (broad SMARTS) is 1. The number of carboxylic acids is 1. The second-order valence-corrected chi connectivity index (χ2v) is 4.64. The van der Waals surface area contributed by atoms with Gasteiger partial charge < -0.3 is 9.67 Å². The Morgan fingerprint density at radius 3 is 2.72 bits per heavy atom. The van der Waals surface area contributed by atoms with Gasteiger partial charge in [0.15, 0.2) is 5.43 Å². The summed E-state index contributed by atoms with van der Waals surface area (Å²) in [4.78, 5) is 22.2. The van der Waals surface area contributed by atoms with Gasteiger partial charge in [0.25, 0.3) is 0 Å². The second-order valence-electron chi connectivity index (χ2n) is 4.64. The van der Waals surface area contributed by atoms with Crippen LogP contribution in [0.15, 0.2) is 23.3 Å². The lowest BCUT2D eigenvalue weighted by Gasteiger charge is -2.16. The molecular weight excluding hydrogens is 230 g/mol. The van der Waals surface area contributed by atoms with Crippen molar-refractivity contribution in [1.29, 1.82) is 0 Å². The van der Waals surface area contributed by atoms with Crippen molar-refractivity contribution in [3.8, 4) is 0 Å². The highest BCUT2D eigenvalue weighted by Gasteiger charge is 2.11. The van der Waals surface area contributed by atoms with Gasteiger partial charge in [0.2, 0.25) is 0 Å². The van der Waals surface area contributed by atoms with Crippen molar-refractivity contribution >= 4 is 5.97 Å². The van der Waals surface area contributed by atoms with Crippen LogP contribution in [-0.4, -0.2) is 15.6 Å². The predicted octanol–water partition coefficient (Wildman–Crippen LogP) is 2.76. The molecule has 1 aromatic heterocycles. The summed E-state index contributed by atoms with van der Waals surface area (Å²) in [6.07, 6.45) is 7.67. The van der Waals surface area contributed by atoms with Crippen molar-refractivity contribution in [2.24, 2.45) is 5.92 Å². The molecule has 0 saturated carbocycles. The van der Waals surface area contributed by atoms with Gasteiger partial charge in [0.1, 0.15) is 5.56 Å². The minimum absolute atomic E-state index is 0.150. The summed E-state index contributed by atoms with van der Waals surface area (Å²) in [6.45, 7) is 5.08. The van der Waals surface area contributed by atoms with Crippen LogP contribution in [0.1, 0.15) is 49.9 Å². The highest BCUT2D eigenvalue weighted by molar-refractivity contribution is 5.86. The van der Waals surface area contributed by atoms with E-state index in [1.807, 2.05) is 4.57 Å². The molecule has 0 aromatic carbocycles. The summed E-state index contributed by atoms with van der Waals surface area (Å²) in [5.74, 6) is -0.620. The topological polar surface area (TPSA) is 59.3 Å². The van der Waals surface area contributed by atoms with Gasteiger partial charge in [-0.15, -0.1) is 0 Å². The summed E-state index contributed by atoms with van der Waals surface area (Å²) in [5.41, 5.74) is -0.580. The number of nitrogens with zero attached hydrogens (tertiary/aromatic N) is 1. The Balaban J connectivity index is 2.80. The van der Waals surface area contributed by atoms with Crippen LogP contribution in [0.2, 0.25) is 0 Å². The summed E-state index contributed by atoms with van der Waals surface area (Å²) >= 11 is 0. The summed E-state index contributed by atoms with van der Waals surface area (Å²) in [5, 5.41) is 8.91. The minimum Gasteiger partial charge on any atom is -0.477 e. The molecule has 0 aliphatic carbocycles. The van der Waals surface area contributed by atoms with Crippen LogP contribution in [0.25, 0.3) is 0 Å². The molecule has 0 spiro atoms. The molecule has 1 unspecified atom stereocenters. The highest BCUT2D eigenvalue weighted by atomic mass is 16.4. The molecule has 1 rings (SSSR count). The van der Waals surface area contributed by atoms with Crippen molar-refractivity contribution in [3.63, 3.8) is 0 Å². The quantitative estimate of drug-likeness (QED) is 0.810. The fourth-order valence-corrected chi connectivity index (χ4v) is 2.02. The standard InChI is InChI=1S/C14H21NO3/c1-3-5-6-11(4-2)9-15-8-7-13(16)12(10-15)14(17)18/h7-8,10-11H,3-6,9H2,1-2H3,(H,17,18). The largest absolute Gasteiger partial charge is 0.477 e. The van der Waals surface area contributed by atoms with Crippen LogP contribution >= 0.6 is 0 Å². The first-order chi connectivity index (χ1) is 8.58. The first kappa shape index (κ1) is 14.5. The molecule has 0 bridgehead atoms. The normalized spacial score (nSPS) is 12.3. The molecule has 1 aromatic rings. The van der Waals surface area contributed by atoms with E-state index in [-0.39, 0.29) is 5.56 Å². The molecule has 18 heavy (non-hydrogen) atoms. The molecule has 0 radical (unpaired) electrons. The number of unbranched alkanes of at least 4 members (excludes halogenated alkanes) is 1. The lowest BCUT2D eigenvalue weighted by Crippen LogP contribution is -2.18. The van der Waals surface area contributed by atoms with E-state index in [2.05, 4.69) is 13.8 Å². The molecule has 0 amide bonds. The van der Waals surface area contributed by atoms with E-state index in [1.54, 1.807) is 6.20 Å². The average molecular weight is 251 g/mol. The summed E-state index contributed by atoms with van der Waals surface area (Å²) < 4.78 is 1.81. The van der Waals surface area contributed by atoms with E-state index in [9.17, 15) is 9.59 Å².